The molecule has 2 N–H and O–H groups in total. The number of benzene rings is 2. The van der Waals surface area contributed by atoms with E-state index < -0.39 is 5.91 Å². The van der Waals surface area contributed by atoms with Crippen molar-refractivity contribution in [3.63, 3.8) is 0 Å². The molecule has 1 amide bonds. The normalized spacial score (nSPS) is 12.0. The molecule has 0 radical (unpaired) electrons. The van der Waals surface area contributed by atoms with E-state index in [1.165, 1.54) is 6.20 Å². The van der Waals surface area contributed by atoms with Crippen LogP contribution in [-0.2, 0) is 4.79 Å². The molecule has 2 rings (SSSR count). The zero-order chi connectivity index (χ0) is 20.7. The fourth-order valence-corrected chi connectivity index (χ4v) is 2.74. The summed E-state index contributed by atoms with van der Waals surface area (Å²) in [6.45, 7) is 6.26. The van der Waals surface area contributed by atoms with Gasteiger partial charge in [-0.05, 0) is 51.1 Å². The number of hydrogen-bond acceptors (Lipinski definition) is 5. The summed E-state index contributed by atoms with van der Waals surface area (Å²) in [5.74, 6) is 0.394. The van der Waals surface area contributed by atoms with Crippen molar-refractivity contribution in [2.75, 3.05) is 18.6 Å². The summed E-state index contributed by atoms with van der Waals surface area (Å²) in [6.07, 6.45) is 1.47. The minimum atomic E-state index is -0.468. The third-order valence-corrected chi connectivity index (χ3v) is 4.22. The lowest BCUT2D eigenvalue weighted by Gasteiger charge is -2.19. The molecule has 0 saturated carbocycles. The second kappa shape index (κ2) is 9.47. The smallest absolute Gasteiger partial charge is 0.263 e. The molecule has 6 heteroatoms. The highest BCUT2D eigenvalue weighted by atomic mass is 16.5. The van der Waals surface area contributed by atoms with Crippen molar-refractivity contribution in [2.24, 2.45) is 0 Å². The van der Waals surface area contributed by atoms with Crippen LogP contribution in [0.15, 0.2) is 54.2 Å². The Hall–Kier alpha value is -3.46. The number of aryl methyl sites for hydroxylation is 1. The van der Waals surface area contributed by atoms with Gasteiger partial charge in [0.05, 0.1) is 12.6 Å². The van der Waals surface area contributed by atoms with Gasteiger partial charge < -0.3 is 20.1 Å². The Kier molecular flexibility index (Phi) is 7.05. The summed E-state index contributed by atoms with van der Waals surface area (Å²) >= 11 is 0. The Labute approximate surface area is 165 Å². The van der Waals surface area contributed by atoms with Gasteiger partial charge in [-0.3, -0.25) is 4.79 Å². The Bertz CT molecular complexity index is 898. The van der Waals surface area contributed by atoms with Gasteiger partial charge in [-0.2, -0.15) is 5.26 Å². The maximum atomic E-state index is 12.6. The summed E-state index contributed by atoms with van der Waals surface area (Å²) in [5.41, 5.74) is 2.64. The van der Waals surface area contributed by atoms with Crippen LogP contribution < -0.4 is 15.0 Å². The summed E-state index contributed by atoms with van der Waals surface area (Å²) in [5, 5.41) is 21.7. The number of carbonyl (C=O) groups excluding carboxylic acids is 1. The number of phenolic OH excluding ortho intramolecular Hbond substituents is 1. The lowest BCUT2D eigenvalue weighted by molar-refractivity contribution is -0.117. The number of amides is 1. The van der Waals surface area contributed by atoms with Crippen LogP contribution in [0.25, 0.3) is 0 Å². The van der Waals surface area contributed by atoms with E-state index in [9.17, 15) is 15.2 Å². The van der Waals surface area contributed by atoms with Crippen LogP contribution >= 0.6 is 0 Å². The molecule has 0 heterocycles. The molecule has 28 heavy (non-hydrogen) atoms. The maximum Gasteiger partial charge on any atom is 0.263 e. The molecule has 6 nitrogen and oxygen atoms in total. The minimum Gasteiger partial charge on any atom is -0.508 e. The monoisotopic (exact) mass is 379 g/mol. The number of rotatable bonds is 7. The predicted octanol–water partition coefficient (Wildman–Crippen LogP) is 3.82. The van der Waals surface area contributed by atoms with E-state index in [2.05, 4.69) is 5.32 Å². The maximum absolute atomic E-state index is 12.6. The second-order valence-electron chi connectivity index (χ2n) is 6.45. The molecule has 146 valence electrons. The number of aromatic hydroxyl groups is 1. The molecular formula is C22H25N3O3. The lowest BCUT2D eigenvalue weighted by Crippen LogP contribution is -2.29. The number of nitrogens with zero attached hydrogens (tertiary/aromatic N) is 2. The number of nitrogens with one attached hydrogen (secondary N) is 1. The molecule has 2 aromatic rings. The van der Waals surface area contributed by atoms with Crippen LogP contribution in [0, 0.1) is 18.3 Å². The number of phenols is 1. The van der Waals surface area contributed by atoms with Crippen LogP contribution in [0.4, 0.5) is 5.69 Å². The predicted molar refractivity (Wildman–Crippen MR) is 109 cm³/mol. The van der Waals surface area contributed by atoms with E-state index in [1.54, 1.807) is 36.2 Å². The zero-order valence-corrected chi connectivity index (χ0v) is 16.6. The Morgan fingerprint density at radius 1 is 1.32 bits per heavy atom. The van der Waals surface area contributed by atoms with Gasteiger partial charge >= 0.3 is 0 Å². The van der Waals surface area contributed by atoms with Gasteiger partial charge in [0.15, 0.2) is 0 Å². The Balaban J connectivity index is 2.18. The van der Waals surface area contributed by atoms with Crippen molar-refractivity contribution < 1.29 is 14.6 Å². The molecular weight excluding hydrogens is 354 g/mol. The third kappa shape index (κ3) is 5.27. The van der Waals surface area contributed by atoms with Gasteiger partial charge in [0, 0.05) is 24.5 Å². The second-order valence-corrected chi connectivity index (χ2v) is 6.45. The Morgan fingerprint density at radius 2 is 2.00 bits per heavy atom. The summed E-state index contributed by atoms with van der Waals surface area (Å²) in [6, 6.07) is 13.9. The number of hydrogen-bond donors (Lipinski definition) is 2. The first-order valence-electron chi connectivity index (χ1n) is 9.03. The van der Waals surface area contributed by atoms with E-state index in [4.69, 9.17) is 4.74 Å². The van der Waals surface area contributed by atoms with E-state index >= 15 is 0 Å². The molecule has 0 bridgehead atoms. The molecule has 1 atom stereocenters. The highest BCUT2D eigenvalue weighted by molar-refractivity contribution is 5.97. The van der Waals surface area contributed by atoms with Gasteiger partial charge in [0.1, 0.15) is 23.1 Å². The number of anilines is 1. The van der Waals surface area contributed by atoms with Crippen molar-refractivity contribution >= 4 is 11.6 Å². The van der Waals surface area contributed by atoms with Crippen LogP contribution in [0.5, 0.6) is 11.5 Å². The molecule has 0 aromatic heterocycles. The third-order valence-electron chi connectivity index (χ3n) is 4.22. The number of ether oxygens (including phenoxy) is 1. The lowest BCUT2D eigenvalue weighted by atomic mass is 10.0. The number of carbonyl (C=O) groups is 1. The van der Waals surface area contributed by atoms with Crippen LogP contribution in [-0.4, -0.2) is 24.7 Å². The van der Waals surface area contributed by atoms with E-state index in [0.717, 1.165) is 16.8 Å². The van der Waals surface area contributed by atoms with Crippen molar-refractivity contribution in [2.45, 2.75) is 26.8 Å². The van der Waals surface area contributed by atoms with Crippen molar-refractivity contribution in [3.05, 3.63) is 65.4 Å². The van der Waals surface area contributed by atoms with E-state index in [0.29, 0.717) is 12.4 Å². The average Bonchev–Trinajstić information content (AvgIpc) is 2.67. The quantitative estimate of drug-likeness (QED) is 0.564. The van der Waals surface area contributed by atoms with E-state index in [1.807, 2.05) is 45.0 Å². The molecule has 0 aliphatic carbocycles. The van der Waals surface area contributed by atoms with Crippen molar-refractivity contribution in [3.8, 4) is 17.6 Å². The van der Waals surface area contributed by atoms with Gasteiger partial charge in [-0.25, -0.2) is 0 Å². The SMILES string of the molecule is CCOc1ccc(C)cc1C(C)NC(=O)/C(C#N)=C\N(C)c1ccc(O)cc1. The van der Waals surface area contributed by atoms with Gasteiger partial charge in [0.25, 0.3) is 5.91 Å². The number of nitriles is 1. The fraction of sp³-hybridized carbons (Fsp3) is 0.273. The van der Waals surface area contributed by atoms with Crippen LogP contribution in [0.3, 0.4) is 0 Å². The first-order valence-corrected chi connectivity index (χ1v) is 9.03. The summed E-state index contributed by atoms with van der Waals surface area (Å²) in [7, 11) is 1.73. The van der Waals surface area contributed by atoms with Crippen molar-refractivity contribution in [1.29, 1.82) is 5.26 Å². The zero-order valence-electron chi connectivity index (χ0n) is 16.6. The molecule has 0 spiro atoms. The Morgan fingerprint density at radius 3 is 2.61 bits per heavy atom. The highest BCUT2D eigenvalue weighted by Crippen LogP contribution is 2.27. The highest BCUT2D eigenvalue weighted by Gasteiger charge is 2.18. The van der Waals surface area contributed by atoms with Crippen LogP contribution in [0.1, 0.15) is 31.0 Å². The largest absolute Gasteiger partial charge is 0.508 e. The van der Waals surface area contributed by atoms with Gasteiger partial charge in [-0.1, -0.05) is 17.7 Å². The summed E-state index contributed by atoms with van der Waals surface area (Å²) in [4.78, 5) is 14.3. The van der Waals surface area contributed by atoms with Gasteiger partial charge in [0.2, 0.25) is 0 Å². The molecule has 2 aromatic carbocycles. The molecule has 1 unspecified atom stereocenters. The molecule has 0 fully saturated rings. The van der Waals surface area contributed by atoms with E-state index in [-0.39, 0.29) is 17.4 Å². The fourth-order valence-electron chi connectivity index (χ4n) is 2.74. The van der Waals surface area contributed by atoms with Crippen molar-refractivity contribution in [1.82, 2.24) is 5.32 Å². The first kappa shape index (κ1) is 20.8. The van der Waals surface area contributed by atoms with Crippen LogP contribution in [0.2, 0.25) is 0 Å². The molecule has 0 saturated heterocycles. The topological polar surface area (TPSA) is 85.6 Å². The molecule has 0 aliphatic rings. The molecule has 0 aliphatic heterocycles. The minimum absolute atomic E-state index is 0.0203. The van der Waals surface area contributed by atoms with Gasteiger partial charge in [-0.15, -0.1) is 0 Å². The standard InChI is InChI=1S/C22H25N3O3/c1-5-28-21-11-6-15(2)12-20(21)16(3)24-22(27)17(13-23)14-25(4)18-7-9-19(26)10-8-18/h6-12,14,16,26H,5H2,1-4H3,(H,24,27)/b17-14-. The first-order chi connectivity index (χ1) is 13.3. The average molecular weight is 379 g/mol. The summed E-state index contributed by atoms with van der Waals surface area (Å²) < 4.78 is 5.65.